The number of hydrogen-bond acceptors (Lipinski definition) is 3. The normalized spacial score (nSPS) is 19.9. The summed E-state index contributed by atoms with van der Waals surface area (Å²) >= 11 is 0. The summed E-state index contributed by atoms with van der Waals surface area (Å²) in [6, 6.07) is 7.96. The molecule has 2 heterocycles. The summed E-state index contributed by atoms with van der Waals surface area (Å²) in [7, 11) is 0. The van der Waals surface area contributed by atoms with E-state index in [1.807, 2.05) is 26.0 Å². The molecular formula is C22H33N4O2+. The van der Waals surface area contributed by atoms with Gasteiger partial charge in [0.05, 0.1) is 24.5 Å². The van der Waals surface area contributed by atoms with Crippen LogP contribution in [0, 0.1) is 5.92 Å². The minimum atomic E-state index is -0.199. The number of amides is 1. The monoisotopic (exact) mass is 385 g/mol. The Kier molecular flexibility index (Phi) is 6.83. The van der Waals surface area contributed by atoms with Crippen molar-refractivity contribution in [3.63, 3.8) is 0 Å². The average Bonchev–Trinajstić information content (AvgIpc) is 2.68. The van der Waals surface area contributed by atoms with E-state index in [0.29, 0.717) is 29.6 Å². The number of aromatic nitrogens is 2. The maximum atomic E-state index is 12.8. The van der Waals surface area contributed by atoms with Crippen molar-refractivity contribution in [1.29, 1.82) is 0 Å². The molecule has 1 fully saturated rings. The Morgan fingerprint density at radius 1 is 1.29 bits per heavy atom. The molecular weight excluding hydrogens is 352 g/mol. The van der Waals surface area contributed by atoms with Gasteiger partial charge in [-0.1, -0.05) is 32.0 Å². The number of nitrogens with one attached hydrogen (secondary N) is 2. The molecule has 6 heteroatoms. The molecule has 6 nitrogen and oxygen atoms in total. The van der Waals surface area contributed by atoms with Gasteiger partial charge in [-0.15, -0.1) is 0 Å². The Bertz CT molecular complexity index is 874. The van der Waals surface area contributed by atoms with Gasteiger partial charge in [-0.25, -0.2) is 4.68 Å². The standard InChI is InChI=1S/C22H32N4O2/c1-16(2)15-26-22(28)19-11-5-4-10-18(19)20(24-26)21(27)23-12-8-14-25-13-7-6-9-17(25)3/h4-5,10-11,16-17H,6-9,12-15H2,1-3H3,(H,23,27)/p+1/t17-/m1/s1. The molecule has 0 radical (unpaired) electrons. The highest BCUT2D eigenvalue weighted by Gasteiger charge is 2.21. The Labute approximate surface area is 166 Å². The quantitative estimate of drug-likeness (QED) is 0.712. The first-order valence-corrected chi connectivity index (χ1v) is 10.6. The second-order valence-corrected chi connectivity index (χ2v) is 8.44. The van der Waals surface area contributed by atoms with E-state index in [1.54, 1.807) is 17.0 Å². The van der Waals surface area contributed by atoms with Gasteiger partial charge in [-0.3, -0.25) is 9.59 Å². The molecule has 1 aromatic heterocycles. The summed E-state index contributed by atoms with van der Waals surface area (Å²) in [6.07, 6.45) is 4.90. The van der Waals surface area contributed by atoms with Gasteiger partial charge in [0.25, 0.3) is 11.5 Å². The molecule has 0 spiro atoms. The first-order chi connectivity index (χ1) is 13.5. The van der Waals surface area contributed by atoms with Gasteiger partial charge in [0.15, 0.2) is 5.69 Å². The number of fused-ring (bicyclic) bond motifs is 1. The highest BCUT2D eigenvalue weighted by atomic mass is 16.2. The fraction of sp³-hybridized carbons (Fsp3) is 0.591. The van der Waals surface area contributed by atoms with E-state index in [-0.39, 0.29) is 17.4 Å². The third-order valence-corrected chi connectivity index (χ3v) is 5.66. The van der Waals surface area contributed by atoms with E-state index < -0.39 is 0 Å². The van der Waals surface area contributed by atoms with Crippen LogP contribution in [0.1, 0.15) is 56.9 Å². The van der Waals surface area contributed by atoms with Crippen molar-refractivity contribution in [3.05, 3.63) is 40.3 Å². The number of benzene rings is 1. The molecule has 1 unspecified atom stereocenters. The second-order valence-electron chi connectivity index (χ2n) is 8.44. The molecule has 2 atom stereocenters. The minimum absolute atomic E-state index is 0.136. The topological polar surface area (TPSA) is 68.4 Å². The van der Waals surface area contributed by atoms with Crippen LogP contribution >= 0.6 is 0 Å². The first kappa shape index (κ1) is 20.5. The number of piperidine rings is 1. The van der Waals surface area contributed by atoms with Crippen LogP contribution < -0.4 is 15.8 Å². The SMILES string of the molecule is CC(C)Cn1nc(C(=O)NCCC[NH+]2CCCC[C@H]2C)c2ccccc2c1=O. The van der Waals surface area contributed by atoms with Crippen molar-refractivity contribution < 1.29 is 9.69 Å². The molecule has 0 aliphatic carbocycles. The third-order valence-electron chi connectivity index (χ3n) is 5.66. The van der Waals surface area contributed by atoms with Crippen molar-refractivity contribution in [2.24, 2.45) is 5.92 Å². The Morgan fingerprint density at radius 3 is 2.75 bits per heavy atom. The van der Waals surface area contributed by atoms with Crippen LogP contribution in [0.5, 0.6) is 0 Å². The van der Waals surface area contributed by atoms with E-state index >= 15 is 0 Å². The van der Waals surface area contributed by atoms with Gasteiger partial charge in [0, 0.05) is 24.9 Å². The fourth-order valence-corrected chi connectivity index (χ4v) is 4.10. The van der Waals surface area contributed by atoms with Gasteiger partial charge in [-0.2, -0.15) is 5.10 Å². The molecule has 28 heavy (non-hydrogen) atoms. The Morgan fingerprint density at radius 2 is 2.04 bits per heavy atom. The minimum Gasteiger partial charge on any atom is -0.350 e. The Hall–Kier alpha value is -2.21. The van der Waals surface area contributed by atoms with Crippen molar-refractivity contribution in [2.75, 3.05) is 19.6 Å². The molecule has 1 aliphatic heterocycles. The molecule has 152 valence electrons. The third kappa shape index (κ3) is 4.79. The highest BCUT2D eigenvalue weighted by molar-refractivity contribution is 6.04. The fourth-order valence-electron chi connectivity index (χ4n) is 4.10. The van der Waals surface area contributed by atoms with E-state index in [1.165, 1.54) is 30.5 Å². The number of hydrogen-bond donors (Lipinski definition) is 2. The van der Waals surface area contributed by atoms with Gasteiger partial charge in [-0.05, 0) is 38.2 Å². The lowest BCUT2D eigenvalue weighted by atomic mass is 10.0. The van der Waals surface area contributed by atoms with Crippen molar-refractivity contribution >= 4 is 16.7 Å². The van der Waals surface area contributed by atoms with Crippen LogP contribution in [0.3, 0.4) is 0 Å². The van der Waals surface area contributed by atoms with E-state index in [4.69, 9.17) is 0 Å². The molecule has 2 aromatic rings. The number of carbonyl (C=O) groups is 1. The lowest BCUT2D eigenvalue weighted by molar-refractivity contribution is -0.928. The van der Waals surface area contributed by atoms with Crippen LogP contribution in [0.15, 0.2) is 29.1 Å². The van der Waals surface area contributed by atoms with Crippen molar-refractivity contribution in [2.45, 2.75) is 59.0 Å². The van der Waals surface area contributed by atoms with Gasteiger partial charge in [0.1, 0.15) is 0 Å². The zero-order valence-corrected chi connectivity index (χ0v) is 17.3. The van der Waals surface area contributed by atoms with E-state index in [0.717, 1.165) is 19.0 Å². The summed E-state index contributed by atoms with van der Waals surface area (Å²) in [6.45, 7) is 9.85. The lowest BCUT2D eigenvalue weighted by Crippen LogP contribution is -3.16. The molecule has 2 N–H and O–H groups in total. The molecule has 0 bridgehead atoms. The van der Waals surface area contributed by atoms with E-state index in [2.05, 4.69) is 17.3 Å². The summed E-state index contributed by atoms with van der Waals surface area (Å²) < 4.78 is 1.43. The number of quaternary nitrogens is 1. The van der Waals surface area contributed by atoms with E-state index in [9.17, 15) is 9.59 Å². The second kappa shape index (κ2) is 9.32. The average molecular weight is 386 g/mol. The zero-order valence-electron chi connectivity index (χ0n) is 17.3. The zero-order chi connectivity index (χ0) is 20.1. The molecule has 1 aliphatic rings. The van der Waals surface area contributed by atoms with Crippen molar-refractivity contribution in [3.8, 4) is 0 Å². The number of nitrogens with zero attached hydrogens (tertiary/aromatic N) is 2. The van der Waals surface area contributed by atoms with Gasteiger partial charge in [0.2, 0.25) is 0 Å². The molecule has 1 saturated heterocycles. The highest BCUT2D eigenvalue weighted by Crippen LogP contribution is 2.13. The van der Waals surface area contributed by atoms with Gasteiger partial charge < -0.3 is 10.2 Å². The predicted octanol–water partition coefficient (Wildman–Crippen LogP) is 1.63. The van der Waals surface area contributed by atoms with Crippen LogP contribution in [-0.2, 0) is 6.54 Å². The van der Waals surface area contributed by atoms with Crippen LogP contribution in [0.2, 0.25) is 0 Å². The number of likely N-dealkylation sites (tertiary alicyclic amines) is 1. The molecule has 1 amide bonds. The largest absolute Gasteiger partial charge is 0.350 e. The molecule has 0 saturated carbocycles. The molecule has 3 rings (SSSR count). The van der Waals surface area contributed by atoms with Gasteiger partial charge >= 0.3 is 0 Å². The summed E-state index contributed by atoms with van der Waals surface area (Å²) in [5.74, 6) is 0.0761. The van der Waals surface area contributed by atoms with Crippen LogP contribution in [0.4, 0.5) is 0 Å². The Balaban J connectivity index is 1.70. The number of rotatable bonds is 7. The van der Waals surface area contributed by atoms with Crippen LogP contribution in [0.25, 0.3) is 10.8 Å². The summed E-state index contributed by atoms with van der Waals surface area (Å²) in [5.41, 5.74) is 0.207. The predicted molar refractivity (Wildman–Crippen MR) is 112 cm³/mol. The first-order valence-electron chi connectivity index (χ1n) is 10.6. The maximum Gasteiger partial charge on any atom is 0.274 e. The summed E-state index contributed by atoms with van der Waals surface area (Å²) in [4.78, 5) is 27.1. The molecule has 1 aromatic carbocycles. The van der Waals surface area contributed by atoms with Crippen molar-refractivity contribution in [1.82, 2.24) is 15.1 Å². The maximum absolute atomic E-state index is 12.8. The number of carbonyl (C=O) groups excluding carboxylic acids is 1. The smallest absolute Gasteiger partial charge is 0.274 e. The van der Waals surface area contributed by atoms with Crippen LogP contribution in [-0.4, -0.2) is 41.4 Å². The lowest BCUT2D eigenvalue weighted by Gasteiger charge is -2.30. The summed E-state index contributed by atoms with van der Waals surface area (Å²) in [5, 5.41) is 8.60.